The fourth-order valence-corrected chi connectivity index (χ4v) is 1.92. The van der Waals surface area contributed by atoms with E-state index in [4.69, 9.17) is 10.8 Å². The van der Waals surface area contributed by atoms with Gasteiger partial charge in [0.25, 0.3) is 0 Å². The highest BCUT2D eigenvalue weighted by Crippen LogP contribution is 2.20. The summed E-state index contributed by atoms with van der Waals surface area (Å²) in [6.45, 7) is 9.03. The third kappa shape index (κ3) is 4.10. The van der Waals surface area contributed by atoms with E-state index in [0.717, 1.165) is 19.6 Å². The normalized spacial score (nSPS) is 12.4. The number of pyridine rings is 1. The molecule has 1 rings (SSSR count). The summed E-state index contributed by atoms with van der Waals surface area (Å²) in [6.07, 6.45) is 1.45. The lowest BCUT2D eigenvalue weighted by atomic mass is 10.2. The van der Waals surface area contributed by atoms with Gasteiger partial charge in [-0.05, 0) is 26.1 Å². The van der Waals surface area contributed by atoms with Crippen LogP contribution in [0.5, 0.6) is 0 Å². The monoisotopic (exact) mass is 266 g/mol. The summed E-state index contributed by atoms with van der Waals surface area (Å²) >= 11 is 0. The van der Waals surface area contributed by atoms with Crippen molar-refractivity contribution in [2.75, 3.05) is 30.7 Å². The van der Waals surface area contributed by atoms with Crippen molar-refractivity contribution in [3.8, 4) is 0 Å². The first kappa shape index (κ1) is 15.2. The minimum absolute atomic E-state index is 0.0764. The highest BCUT2D eigenvalue weighted by Gasteiger charge is 2.14. The van der Waals surface area contributed by atoms with Crippen LogP contribution in [0.1, 0.15) is 31.1 Å². The maximum absolute atomic E-state index is 11.0. The van der Waals surface area contributed by atoms with Crippen LogP contribution in [0.15, 0.2) is 12.3 Å². The van der Waals surface area contributed by atoms with Crippen LogP contribution in [0.3, 0.4) is 0 Å². The lowest BCUT2D eigenvalue weighted by Crippen LogP contribution is -2.35. The van der Waals surface area contributed by atoms with Gasteiger partial charge in [-0.3, -0.25) is 0 Å². The number of nitrogens with two attached hydrogens (primary N) is 1. The molecule has 4 N–H and O–H groups in total. The molecule has 106 valence electrons. The van der Waals surface area contributed by atoms with Crippen molar-refractivity contribution in [1.82, 2.24) is 9.88 Å². The Morgan fingerprint density at radius 1 is 1.53 bits per heavy atom. The van der Waals surface area contributed by atoms with E-state index in [2.05, 4.69) is 29.0 Å². The summed E-state index contributed by atoms with van der Waals surface area (Å²) in [7, 11) is 0. The van der Waals surface area contributed by atoms with E-state index in [-0.39, 0.29) is 17.3 Å². The zero-order chi connectivity index (χ0) is 14.4. The van der Waals surface area contributed by atoms with Crippen molar-refractivity contribution in [3.63, 3.8) is 0 Å². The van der Waals surface area contributed by atoms with E-state index < -0.39 is 5.97 Å². The highest BCUT2D eigenvalue weighted by molar-refractivity contribution is 5.96. The van der Waals surface area contributed by atoms with Gasteiger partial charge in [0, 0.05) is 18.8 Å². The minimum Gasteiger partial charge on any atom is -0.478 e. The smallest absolute Gasteiger partial charge is 0.337 e. The first-order valence-corrected chi connectivity index (χ1v) is 6.46. The van der Waals surface area contributed by atoms with Crippen molar-refractivity contribution < 1.29 is 9.90 Å². The Morgan fingerprint density at radius 2 is 2.16 bits per heavy atom. The molecule has 19 heavy (non-hydrogen) atoms. The van der Waals surface area contributed by atoms with Gasteiger partial charge in [-0.2, -0.15) is 0 Å². The average molecular weight is 266 g/mol. The number of carbonyl (C=O) groups is 1. The third-order valence-corrected chi connectivity index (χ3v) is 3.03. The molecule has 0 fully saturated rings. The van der Waals surface area contributed by atoms with Gasteiger partial charge < -0.3 is 21.1 Å². The number of hydrogen-bond acceptors (Lipinski definition) is 5. The number of aromatic carboxylic acids is 1. The summed E-state index contributed by atoms with van der Waals surface area (Å²) in [5.41, 5.74) is 6.07. The standard InChI is InChI=1S/C13H22N4O2/c1-4-17(5-2)8-9(3)16-12-11(14)10(13(18)19)6-7-15-12/h6-7,9H,4-5,8,14H2,1-3H3,(H,15,16)(H,18,19). The van der Waals surface area contributed by atoms with Crippen LogP contribution >= 0.6 is 0 Å². The Kier molecular flexibility index (Phi) is 5.57. The third-order valence-electron chi connectivity index (χ3n) is 3.03. The van der Waals surface area contributed by atoms with Crippen LogP contribution in [0.2, 0.25) is 0 Å². The number of rotatable bonds is 7. The maximum atomic E-state index is 11.0. The van der Waals surface area contributed by atoms with Gasteiger partial charge in [-0.25, -0.2) is 9.78 Å². The summed E-state index contributed by atoms with van der Waals surface area (Å²) in [6, 6.07) is 1.54. The van der Waals surface area contributed by atoms with Crippen molar-refractivity contribution in [3.05, 3.63) is 17.8 Å². The number of nitrogens with zero attached hydrogens (tertiary/aromatic N) is 2. The minimum atomic E-state index is -1.04. The molecule has 1 aromatic heterocycles. The Labute approximate surface area is 113 Å². The van der Waals surface area contributed by atoms with Crippen LogP contribution in [0.4, 0.5) is 11.5 Å². The van der Waals surface area contributed by atoms with Gasteiger partial charge in [-0.15, -0.1) is 0 Å². The van der Waals surface area contributed by atoms with E-state index in [1.165, 1.54) is 12.3 Å². The lowest BCUT2D eigenvalue weighted by Gasteiger charge is -2.24. The van der Waals surface area contributed by atoms with Crippen LogP contribution in [0, 0.1) is 0 Å². The molecule has 0 aliphatic carbocycles. The molecule has 6 nitrogen and oxygen atoms in total. The van der Waals surface area contributed by atoms with Crippen molar-refractivity contribution in [1.29, 1.82) is 0 Å². The van der Waals surface area contributed by atoms with Gasteiger partial charge in [0.15, 0.2) is 0 Å². The second-order valence-corrected chi connectivity index (χ2v) is 4.46. The number of carboxylic acid groups (broad SMARTS) is 1. The number of nitrogens with one attached hydrogen (secondary N) is 1. The Balaban J connectivity index is 2.77. The average Bonchev–Trinajstić information content (AvgIpc) is 2.38. The molecular weight excluding hydrogens is 244 g/mol. The molecule has 1 atom stereocenters. The molecule has 0 saturated carbocycles. The summed E-state index contributed by atoms with van der Waals surface area (Å²) in [5, 5.41) is 12.2. The SMILES string of the molecule is CCN(CC)CC(C)Nc1nccc(C(=O)O)c1N. The van der Waals surface area contributed by atoms with E-state index in [1.807, 2.05) is 6.92 Å². The van der Waals surface area contributed by atoms with Gasteiger partial charge in [0.1, 0.15) is 5.82 Å². The molecular formula is C13H22N4O2. The first-order chi connectivity index (χ1) is 8.99. The predicted octanol–water partition coefficient (Wildman–Crippen LogP) is 1.50. The number of carboxylic acids is 1. The molecule has 0 radical (unpaired) electrons. The Morgan fingerprint density at radius 3 is 2.68 bits per heavy atom. The summed E-state index contributed by atoms with van der Waals surface area (Å²) < 4.78 is 0. The van der Waals surface area contributed by atoms with Crippen LogP contribution in [-0.2, 0) is 0 Å². The summed E-state index contributed by atoms with van der Waals surface area (Å²) in [5.74, 6) is -0.612. The van der Waals surface area contributed by atoms with E-state index in [1.54, 1.807) is 0 Å². The molecule has 0 spiro atoms. The fourth-order valence-electron chi connectivity index (χ4n) is 1.92. The molecule has 0 aliphatic heterocycles. The second kappa shape index (κ2) is 6.94. The van der Waals surface area contributed by atoms with Crippen molar-refractivity contribution in [2.24, 2.45) is 0 Å². The highest BCUT2D eigenvalue weighted by atomic mass is 16.4. The maximum Gasteiger partial charge on any atom is 0.337 e. The number of nitrogen functional groups attached to an aromatic ring is 1. The zero-order valence-corrected chi connectivity index (χ0v) is 11.7. The van der Waals surface area contributed by atoms with E-state index in [0.29, 0.717) is 5.82 Å². The molecule has 0 saturated heterocycles. The molecule has 0 aromatic carbocycles. The Hall–Kier alpha value is -1.82. The van der Waals surface area contributed by atoms with Gasteiger partial charge in [0.2, 0.25) is 0 Å². The molecule has 0 bridgehead atoms. The number of aromatic nitrogens is 1. The molecule has 1 heterocycles. The largest absolute Gasteiger partial charge is 0.478 e. The lowest BCUT2D eigenvalue weighted by molar-refractivity contribution is 0.0698. The van der Waals surface area contributed by atoms with E-state index >= 15 is 0 Å². The van der Waals surface area contributed by atoms with Gasteiger partial charge in [0.05, 0.1) is 11.3 Å². The van der Waals surface area contributed by atoms with Crippen LogP contribution in [0.25, 0.3) is 0 Å². The molecule has 1 aromatic rings. The summed E-state index contributed by atoms with van der Waals surface area (Å²) in [4.78, 5) is 17.4. The molecule has 6 heteroatoms. The van der Waals surface area contributed by atoms with Gasteiger partial charge >= 0.3 is 5.97 Å². The Bertz CT molecular complexity index is 433. The zero-order valence-electron chi connectivity index (χ0n) is 11.7. The topological polar surface area (TPSA) is 91.5 Å². The second-order valence-electron chi connectivity index (χ2n) is 4.46. The first-order valence-electron chi connectivity index (χ1n) is 6.46. The van der Waals surface area contributed by atoms with Crippen molar-refractivity contribution >= 4 is 17.5 Å². The van der Waals surface area contributed by atoms with E-state index in [9.17, 15) is 4.79 Å². The van der Waals surface area contributed by atoms with Gasteiger partial charge in [-0.1, -0.05) is 13.8 Å². The molecule has 0 amide bonds. The number of anilines is 2. The molecule has 1 unspecified atom stereocenters. The predicted molar refractivity (Wildman–Crippen MR) is 76.5 cm³/mol. The van der Waals surface area contributed by atoms with Crippen molar-refractivity contribution in [2.45, 2.75) is 26.8 Å². The molecule has 0 aliphatic rings. The van der Waals surface area contributed by atoms with Crippen LogP contribution < -0.4 is 11.1 Å². The number of hydrogen-bond donors (Lipinski definition) is 3. The number of likely N-dealkylation sites (N-methyl/N-ethyl adjacent to an activating group) is 1. The van der Waals surface area contributed by atoms with Crippen LogP contribution in [-0.4, -0.2) is 46.6 Å². The quantitative estimate of drug-likeness (QED) is 0.693. The fraction of sp³-hybridized carbons (Fsp3) is 0.538.